The first-order valence-corrected chi connectivity index (χ1v) is 8.56. The first kappa shape index (κ1) is 16.4. The van der Waals surface area contributed by atoms with E-state index in [0.29, 0.717) is 6.54 Å². The average Bonchev–Trinajstić information content (AvgIpc) is 3.02. The highest BCUT2D eigenvalue weighted by Gasteiger charge is 2.16. The molecule has 1 atom stereocenters. The standard InChI is InChI=1S/C18H19N3O2S/c1-12(24-18-20-15-5-3-4-6-16(15)21-18)17(22)19-11-13-7-9-14(23-2)10-8-13/h3-10,12H,11H2,1-2H3,(H,19,22)(H,20,21). The SMILES string of the molecule is COc1ccc(CNC(=O)C(C)Sc2nc3ccccc3[nH]2)cc1. The molecule has 2 N–H and O–H groups in total. The zero-order valence-corrected chi connectivity index (χ0v) is 14.4. The lowest BCUT2D eigenvalue weighted by molar-refractivity contribution is -0.120. The van der Waals surface area contributed by atoms with Crippen molar-refractivity contribution in [1.29, 1.82) is 0 Å². The van der Waals surface area contributed by atoms with E-state index in [1.165, 1.54) is 11.8 Å². The number of amides is 1. The monoisotopic (exact) mass is 341 g/mol. The first-order chi connectivity index (χ1) is 11.7. The third-order valence-electron chi connectivity index (χ3n) is 3.65. The fraction of sp³-hybridized carbons (Fsp3) is 0.222. The molecule has 1 heterocycles. The zero-order chi connectivity index (χ0) is 16.9. The number of carbonyl (C=O) groups excluding carboxylic acids is 1. The van der Waals surface area contributed by atoms with Gasteiger partial charge < -0.3 is 15.0 Å². The van der Waals surface area contributed by atoms with Crippen LogP contribution in [0.5, 0.6) is 5.75 Å². The lowest BCUT2D eigenvalue weighted by Crippen LogP contribution is -2.30. The van der Waals surface area contributed by atoms with Crippen molar-refractivity contribution in [3.63, 3.8) is 0 Å². The number of hydrogen-bond acceptors (Lipinski definition) is 4. The quantitative estimate of drug-likeness (QED) is 0.675. The number of aromatic amines is 1. The minimum absolute atomic E-state index is 0.0173. The number of aromatic nitrogens is 2. The zero-order valence-electron chi connectivity index (χ0n) is 13.6. The number of carbonyl (C=O) groups is 1. The van der Waals surface area contributed by atoms with E-state index in [1.807, 2.05) is 55.5 Å². The number of H-pyrrole nitrogens is 1. The van der Waals surface area contributed by atoms with Crippen molar-refractivity contribution >= 4 is 28.7 Å². The molecule has 3 rings (SSSR count). The highest BCUT2D eigenvalue weighted by atomic mass is 32.2. The van der Waals surface area contributed by atoms with Gasteiger partial charge in [0.2, 0.25) is 5.91 Å². The number of imidazole rings is 1. The average molecular weight is 341 g/mol. The van der Waals surface area contributed by atoms with Crippen LogP contribution in [0.4, 0.5) is 0 Å². The number of rotatable bonds is 6. The second-order valence-corrected chi connectivity index (χ2v) is 6.71. The minimum Gasteiger partial charge on any atom is -0.497 e. The van der Waals surface area contributed by atoms with Crippen LogP contribution in [0.15, 0.2) is 53.7 Å². The highest BCUT2D eigenvalue weighted by molar-refractivity contribution is 8.00. The van der Waals surface area contributed by atoms with Gasteiger partial charge in [0.25, 0.3) is 0 Å². The van der Waals surface area contributed by atoms with Crippen LogP contribution in [0.25, 0.3) is 11.0 Å². The fourth-order valence-corrected chi connectivity index (χ4v) is 3.13. The number of nitrogens with zero attached hydrogens (tertiary/aromatic N) is 1. The lowest BCUT2D eigenvalue weighted by atomic mass is 10.2. The Kier molecular flexibility index (Phi) is 5.05. The molecule has 5 nitrogen and oxygen atoms in total. The Bertz CT molecular complexity index is 797. The van der Waals surface area contributed by atoms with Gasteiger partial charge in [-0.05, 0) is 36.8 Å². The maximum atomic E-state index is 12.3. The third kappa shape index (κ3) is 3.89. The van der Waals surface area contributed by atoms with Crippen molar-refractivity contribution in [2.45, 2.75) is 23.9 Å². The normalized spacial score (nSPS) is 12.1. The van der Waals surface area contributed by atoms with Gasteiger partial charge in [-0.15, -0.1) is 0 Å². The van der Waals surface area contributed by atoms with Crippen LogP contribution in [-0.2, 0) is 11.3 Å². The summed E-state index contributed by atoms with van der Waals surface area (Å²) in [6, 6.07) is 15.5. The van der Waals surface area contributed by atoms with E-state index in [2.05, 4.69) is 15.3 Å². The van der Waals surface area contributed by atoms with E-state index in [4.69, 9.17) is 4.74 Å². The Morgan fingerprint density at radius 1 is 1.25 bits per heavy atom. The number of hydrogen-bond donors (Lipinski definition) is 2. The van der Waals surface area contributed by atoms with Gasteiger partial charge in [0.1, 0.15) is 5.75 Å². The summed E-state index contributed by atoms with van der Waals surface area (Å²) in [5.74, 6) is 0.787. The van der Waals surface area contributed by atoms with Crippen LogP contribution in [-0.4, -0.2) is 28.2 Å². The topological polar surface area (TPSA) is 67.0 Å². The molecule has 0 aliphatic carbocycles. The molecular weight excluding hydrogens is 322 g/mol. The summed E-state index contributed by atoms with van der Waals surface area (Å²) in [6.45, 7) is 2.37. The third-order valence-corrected chi connectivity index (χ3v) is 4.64. The summed E-state index contributed by atoms with van der Waals surface area (Å²) < 4.78 is 5.12. The highest BCUT2D eigenvalue weighted by Crippen LogP contribution is 2.23. The molecular formula is C18H19N3O2S. The molecule has 6 heteroatoms. The van der Waals surface area contributed by atoms with Crippen LogP contribution < -0.4 is 10.1 Å². The van der Waals surface area contributed by atoms with Crippen molar-refractivity contribution in [2.24, 2.45) is 0 Å². The van der Waals surface area contributed by atoms with Crippen LogP contribution in [0.1, 0.15) is 12.5 Å². The molecule has 3 aromatic rings. The molecule has 1 amide bonds. The van der Waals surface area contributed by atoms with Crippen molar-refractivity contribution in [1.82, 2.24) is 15.3 Å². The second kappa shape index (κ2) is 7.40. The lowest BCUT2D eigenvalue weighted by Gasteiger charge is -2.11. The van der Waals surface area contributed by atoms with E-state index in [9.17, 15) is 4.79 Å². The number of ether oxygens (including phenoxy) is 1. The maximum absolute atomic E-state index is 12.3. The van der Waals surface area contributed by atoms with Gasteiger partial charge in [0, 0.05) is 6.54 Å². The molecule has 0 radical (unpaired) electrons. The number of para-hydroxylation sites is 2. The molecule has 1 aromatic heterocycles. The summed E-state index contributed by atoms with van der Waals surface area (Å²) in [6.07, 6.45) is 0. The van der Waals surface area contributed by atoms with Crippen LogP contribution in [0.3, 0.4) is 0 Å². The molecule has 124 valence electrons. The van der Waals surface area contributed by atoms with Crippen molar-refractivity contribution in [2.75, 3.05) is 7.11 Å². The number of fused-ring (bicyclic) bond motifs is 1. The number of benzene rings is 2. The molecule has 0 aliphatic heterocycles. The maximum Gasteiger partial charge on any atom is 0.233 e. The van der Waals surface area contributed by atoms with E-state index in [1.54, 1.807) is 7.11 Å². The van der Waals surface area contributed by atoms with Crippen molar-refractivity contribution < 1.29 is 9.53 Å². The van der Waals surface area contributed by atoms with Gasteiger partial charge in [0.05, 0.1) is 23.4 Å². The Labute approximate surface area is 144 Å². The summed E-state index contributed by atoms with van der Waals surface area (Å²) in [5.41, 5.74) is 2.92. The van der Waals surface area contributed by atoms with E-state index in [0.717, 1.165) is 27.5 Å². The molecule has 0 spiro atoms. The summed E-state index contributed by atoms with van der Waals surface area (Å²) >= 11 is 1.42. The molecule has 0 fully saturated rings. The Morgan fingerprint density at radius 2 is 2.00 bits per heavy atom. The van der Waals surface area contributed by atoms with E-state index >= 15 is 0 Å². The molecule has 24 heavy (non-hydrogen) atoms. The van der Waals surface area contributed by atoms with E-state index in [-0.39, 0.29) is 11.2 Å². The molecule has 0 saturated heterocycles. The number of thioether (sulfide) groups is 1. The van der Waals surface area contributed by atoms with Crippen molar-refractivity contribution in [3.8, 4) is 5.75 Å². The second-order valence-electron chi connectivity index (χ2n) is 5.39. The molecule has 0 bridgehead atoms. The Balaban J connectivity index is 1.55. The molecule has 0 aliphatic rings. The summed E-state index contributed by atoms with van der Waals surface area (Å²) in [7, 11) is 1.63. The van der Waals surface area contributed by atoms with Gasteiger partial charge in [-0.3, -0.25) is 4.79 Å². The first-order valence-electron chi connectivity index (χ1n) is 7.68. The van der Waals surface area contributed by atoms with Gasteiger partial charge in [-0.2, -0.15) is 0 Å². The predicted octanol–water partition coefficient (Wildman–Crippen LogP) is 3.37. The Hall–Kier alpha value is -2.47. The summed E-state index contributed by atoms with van der Waals surface area (Å²) in [4.78, 5) is 20.0. The number of methoxy groups -OCH3 is 1. The minimum atomic E-state index is -0.233. The van der Waals surface area contributed by atoms with Crippen LogP contribution in [0, 0.1) is 0 Å². The van der Waals surface area contributed by atoms with Gasteiger partial charge in [-0.25, -0.2) is 4.98 Å². The predicted molar refractivity (Wildman–Crippen MR) is 96.3 cm³/mol. The van der Waals surface area contributed by atoms with Crippen molar-refractivity contribution in [3.05, 3.63) is 54.1 Å². The fourth-order valence-electron chi connectivity index (χ4n) is 2.28. The molecule has 0 saturated carbocycles. The number of nitrogens with one attached hydrogen (secondary N) is 2. The smallest absolute Gasteiger partial charge is 0.233 e. The largest absolute Gasteiger partial charge is 0.497 e. The van der Waals surface area contributed by atoms with Gasteiger partial charge in [-0.1, -0.05) is 36.0 Å². The van der Waals surface area contributed by atoms with Gasteiger partial charge >= 0.3 is 0 Å². The van der Waals surface area contributed by atoms with Crippen LogP contribution >= 0.6 is 11.8 Å². The summed E-state index contributed by atoms with van der Waals surface area (Å²) in [5, 5.41) is 3.47. The molecule has 2 aromatic carbocycles. The Morgan fingerprint density at radius 3 is 2.71 bits per heavy atom. The molecule has 1 unspecified atom stereocenters. The van der Waals surface area contributed by atoms with Gasteiger partial charge in [0.15, 0.2) is 5.16 Å². The van der Waals surface area contributed by atoms with Crippen LogP contribution in [0.2, 0.25) is 0 Å². The van der Waals surface area contributed by atoms with E-state index < -0.39 is 0 Å².